The van der Waals surface area contributed by atoms with E-state index in [1.54, 1.807) is 36.4 Å². The Morgan fingerprint density at radius 2 is 1.94 bits per heavy atom. The van der Waals surface area contributed by atoms with E-state index in [0.29, 0.717) is 21.8 Å². The predicted octanol–water partition coefficient (Wildman–Crippen LogP) is 6.07. The lowest BCUT2D eigenvalue weighted by Crippen LogP contribution is -2.30. The van der Waals surface area contributed by atoms with E-state index in [1.165, 1.54) is 11.2 Å². The number of fused-ring (bicyclic) bond motifs is 1. The predicted molar refractivity (Wildman–Crippen MR) is 123 cm³/mol. The lowest BCUT2D eigenvalue weighted by Gasteiger charge is -2.25. The Labute approximate surface area is 194 Å². The average Bonchev–Trinajstić information content (AvgIpc) is 3.51. The first-order valence-electron chi connectivity index (χ1n) is 10.4. The molecule has 1 aliphatic heterocycles. The van der Waals surface area contributed by atoms with Gasteiger partial charge in [0, 0.05) is 17.0 Å². The number of ketones is 1. The first-order valence-corrected chi connectivity index (χ1v) is 10.8. The molecule has 1 aliphatic rings. The number of Topliss-reactive ketones (excluding diaryl/α,β-unsaturated/α-hetero) is 1. The van der Waals surface area contributed by atoms with Gasteiger partial charge >= 0.3 is 0 Å². The van der Waals surface area contributed by atoms with E-state index in [0.717, 1.165) is 16.7 Å². The molecule has 0 bridgehead atoms. The number of furan rings is 2. The number of benzene rings is 2. The van der Waals surface area contributed by atoms with Crippen molar-refractivity contribution in [1.29, 1.82) is 0 Å². The molecule has 6 nitrogen and oxygen atoms in total. The van der Waals surface area contributed by atoms with E-state index < -0.39 is 23.5 Å². The number of halogens is 1. The normalized spacial score (nSPS) is 16.3. The summed E-state index contributed by atoms with van der Waals surface area (Å²) in [4.78, 5) is 28.1. The molecule has 33 heavy (non-hydrogen) atoms. The standard InChI is InChI=1S/C26H20ClNO5/c1-14-5-6-15(2)17(10-14)13-28-23(20-4-3-9-32-20)22(25(30)26(28)31)24(29)21-12-16-11-18(27)7-8-19(16)33-21/h3-12,23,30H,13H2,1-2H3. The Balaban J connectivity index is 1.58. The molecular weight excluding hydrogens is 442 g/mol. The number of hydrogen-bond donors (Lipinski definition) is 1. The number of aliphatic hydroxyl groups is 1. The van der Waals surface area contributed by atoms with Crippen molar-refractivity contribution in [3.63, 3.8) is 0 Å². The number of carbonyl (C=O) groups excluding carboxylic acids is 2. The fourth-order valence-corrected chi connectivity index (χ4v) is 4.38. The maximum atomic E-state index is 13.5. The van der Waals surface area contributed by atoms with Crippen LogP contribution in [0.25, 0.3) is 11.0 Å². The van der Waals surface area contributed by atoms with Crippen LogP contribution < -0.4 is 0 Å². The van der Waals surface area contributed by atoms with Gasteiger partial charge in [-0.3, -0.25) is 9.59 Å². The number of aryl methyl sites for hydroxylation is 2. The summed E-state index contributed by atoms with van der Waals surface area (Å²) in [5.41, 5.74) is 3.37. The van der Waals surface area contributed by atoms with Gasteiger partial charge in [0.2, 0.25) is 5.78 Å². The SMILES string of the molecule is Cc1ccc(C)c(CN2C(=O)C(O)=C(C(=O)c3cc4cc(Cl)ccc4o3)C2c2ccco2)c1. The molecular formula is C26H20ClNO5. The zero-order valence-corrected chi connectivity index (χ0v) is 18.7. The molecule has 3 heterocycles. The molecule has 0 spiro atoms. The maximum absolute atomic E-state index is 13.5. The number of aliphatic hydroxyl groups excluding tert-OH is 1. The highest BCUT2D eigenvalue weighted by atomic mass is 35.5. The third-order valence-corrected chi connectivity index (χ3v) is 6.14. The van der Waals surface area contributed by atoms with Gasteiger partial charge in [-0.05, 0) is 61.4 Å². The molecule has 0 saturated heterocycles. The second-order valence-electron chi connectivity index (χ2n) is 8.17. The van der Waals surface area contributed by atoms with Gasteiger partial charge in [0.05, 0.1) is 11.8 Å². The zero-order chi connectivity index (χ0) is 23.3. The van der Waals surface area contributed by atoms with E-state index in [4.69, 9.17) is 20.4 Å². The molecule has 1 atom stereocenters. The average molecular weight is 462 g/mol. The summed E-state index contributed by atoms with van der Waals surface area (Å²) >= 11 is 6.05. The van der Waals surface area contributed by atoms with Crippen LogP contribution in [0.5, 0.6) is 0 Å². The van der Waals surface area contributed by atoms with E-state index >= 15 is 0 Å². The Hall–Kier alpha value is -3.77. The minimum atomic E-state index is -0.892. The molecule has 0 radical (unpaired) electrons. The second kappa shape index (κ2) is 7.98. The van der Waals surface area contributed by atoms with Crippen LogP contribution in [0.3, 0.4) is 0 Å². The van der Waals surface area contributed by atoms with Gasteiger partial charge in [0.15, 0.2) is 11.5 Å². The van der Waals surface area contributed by atoms with Crippen molar-refractivity contribution >= 4 is 34.3 Å². The summed E-state index contributed by atoms with van der Waals surface area (Å²) < 4.78 is 11.3. The van der Waals surface area contributed by atoms with Gasteiger partial charge in [-0.15, -0.1) is 0 Å². The molecule has 5 rings (SSSR count). The molecule has 1 N–H and O–H groups in total. The summed E-state index contributed by atoms with van der Waals surface area (Å²) in [7, 11) is 0. The lowest BCUT2D eigenvalue weighted by molar-refractivity contribution is -0.130. The summed E-state index contributed by atoms with van der Waals surface area (Å²) in [5.74, 6) is -1.45. The molecule has 2 aromatic carbocycles. The van der Waals surface area contributed by atoms with E-state index in [2.05, 4.69) is 0 Å². The zero-order valence-electron chi connectivity index (χ0n) is 18.0. The van der Waals surface area contributed by atoms with Crippen molar-refractivity contribution in [2.75, 3.05) is 0 Å². The number of carbonyl (C=O) groups is 2. The molecule has 166 valence electrons. The first-order chi connectivity index (χ1) is 15.8. The van der Waals surface area contributed by atoms with Crippen LogP contribution in [0.4, 0.5) is 0 Å². The minimum Gasteiger partial charge on any atom is -0.503 e. The largest absolute Gasteiger partial charge is 0.503 e. The van der Waals surface area contributed by atoms with Gasteiger partial charge in [-0.2, -0.15) is 0 Å². The molecule has 7 heteroatoms. The molecule has 0 saturated carbocycles. The van der Waals surface area contributed by atoms with Crippen molar-refractivity contribution < 1.29 is 23.5 Å². The smallest absolute Gasteiger partial charge is 0.290 e. The fourth-order valence-electron chi connectivity index (χ4n) is 4.20. The van der Waals surface area contributed by atoms with Crippen LogP contribution in [-0.2, 0) is 11.3 Å². The number of rotatable bonds is 5. The highest BCUT2D eigenvalue weighted by Gasteiger charge is 2.46. The summed E-state index contributed by atoms with van der Waals surface area (Å²) in [6.45, 7) is 4.13. The van der Waals surface area contributed by atoms with Crippen LogP contribution >= 0.6 is 11.6 Å². The van der Waals surface area contributed by atoms with Crippen LogP contribution in [0.1, 0.15) is 39.0 Å². The van der Waals surface area contributed by atoms with Gasteiger partial charge in [0.25, 0.3) is 5.91 Å². The first kappa shape index (κ1) is 21.1. The summed E-state index contributed by atoms with van der Waals surface area (Å²) in [6, 6.07) is 15.0. The number of nitrogens with zero attached hydrogens (tertiary/aromatic N) is 1. The molecule has 1 amide bonds. The third-order valence-electron chi connectivity index (χ3n) is 5.91. The Morgan fingerprint density at radius 3 is 2.70 bits per heavy atom. The summed E-state index contributed by atoms with van der Waals surface area (Å²) in [5, 5.41) is 12.0. The minimum absolute atomic E-state index is 0.00626. The Bertz CT molecular complexity index is 1430. The Morgan fingerprint density at radius 1 is 1.12 bits per heavy atom. The molecule has 4 aromatic rings. The quantitative estimate of drug-likeness (QED) is 0.364. The molecule has 1 unspecified atom stereocenters. The van der Waals surface area contributed by atoms with Gasteiger partial charge < -0.3 is 18.8 Å². The van der Waals surface area contributed by atoms with Gasteiger partial charge in [-0.1, -0.05) is 35.4 Å². The lowest BCUT2D eigenvalue weighted by atomic mass is 9.98. The molecule has 0 fully saturated rings. The van der Waals surface area contributed by atoms with Crippen LogP contribution in [0.15, 0.2) is 81.0 Å². The van der Waals surface area contributed by atoms with Crippen molar-refractivity contribution in [3.8, 4) is 0 Å². The third kappa shape index (κ3) is 3.62. The van der Waals surface area contributed by atoms with Crippen molar-refractivity contribution in [1.82, 2.24) is 4.90 Å². The molecule has 0 aliphatic carbocycles. The van der Waals surface area contributed by atoms with Crippen LogP contribution in [0, 0.1) is 13.8 Å². The fraction of sp³-hybridized carbons (Fsp3) is 0.154. The van der Waals surface area contributed by atoms with Crippen LogP contribution in [0.2, 0.25) is 5.02 Å². The van der Waals surface area contributed by atoms with Crippen molar-refractivity contribution in [3.05, 3.63) is 105 Å². The van der Waals surface area contributed by atoms with Crippen LogP contribution in [-0.4, -0.2) is 21.7 Å². The van der Waals surface area contributed by atoms with E-state index in [1.807, 2.05) is 32.0 Å². The topological polar surface area (TPSA) is 83.9 Å². The molecule has 2 aromatic heterocycles. The van der Waals surface area contributed by atoms with Gasteiger partial charge in [-0.25, -0.2) is 0 Å². The highest BCUT2D eigenvalue weighted by Crippen LogP contribution is 2.41. The number of hydrogen-bond acceptors (Lipinski definition) is 5. The van der Waals surface area contributed by atoms with E-state index in [-0.39, 0.29) is 17.9 Å². The Kier molecular flexibility index (Phi) is 5.10. The number of amides is 1. The van der Waals surface area contributed by atoms with Gasteiger partial charge in [0.1, 0.15) is 17.4 Å². The second-order valence-corrected chi connectivity index (χ2v) is 8.60. The van der Waals surface area contributed by atoms with Crippen molar-refractivity contribution in [2.45, 2.75) is 26.4 Å². The van der Waals surface area contributed by atoms with Crippen molar-refractivity contribution in [2.24, 2.45) is 0 Å². The monoisotopic (exact) mass is 461 g/mol. The summed E-state index contributed by atoms with van der Waals surface area (Å²) in [6.07, 6.45) is 1.47. The maximum Gasteiger partial charge on any atom is 0.290 e. The van der Waals surface area contributed by atoms with E-state index in [9.17, 15) is 14.7 Å². The highest BCUT2D eigenvalue weighted by molar-refractivity contribution is 6.31.